The monoisotopic (exact) mass is 279 g/mol. The average molecular weight is 279 g/mol. The highest BCUT2D eigenvalue weighted by Gasteiger charge is 2.18. The molecular weight excluding hydrogens is 260 g/mol. The number of hydrogen-bond acceptors (Lipinski definition) is 2. The van der Waals surface area contributed by atoms with Gasteiger partial charge in [0.2, 0.25) is 0 Å². The molecule has 0 aliphatic rings. The van der Waals surface area contributed by atoms with Gasteiger partial charge in [-0.1, -0.05) is 13.8 Å². The van der Waals surface area contributed by atoms with Crippen LogP contribution in [0, 0.1) is 11.6 Å². The Labute approximate surface area is 117 Å². The molecule has 3 nitrogen and oxygen atoms in total. The Bertz CT molecular complexity index is 605. The minimum absolute atomic E-state index is 0.246. The molecule has 108 valence electrons. The van der Waals surface area contributed by atoms with Crippen LogP contribution in [0.25, 0.3) is 11.3 Å². The van der Waals surface area contributed by atoms with Crippen LogP contribution in [0.1, 0.15) is 32.5 Å². The molecule has 0 atom stereocenters. The zero-order valence-electron chi connectivity index (χ0n) is 11.8. The summed E-state index contributed by atoms with van der Waals surface area (Å²) in [4.78, 5) is 4.45. The van der Waals surface area contributed by atoms with Crippen molar-refractivity contribution in [1.82, 2.24) is 9.55 Å². The number of benzene rings is 1. The maximum absolute atomic E-state index is 13.9. The first kappa shape index (κ1) is 14.5. The molecule has 0 bridgehead atoms. The van der Waals surface area contributed by atoms with Gasteiger partial charge in [-0.25, -0.2) is 13.8 Å². The van der Waals surface area contributed by atoms with Crippen molar-refractivity contribution in [3.05, 3.63) is 35.7 Å². The van der Waals surface area contributed by atoms with Crippen molar-refractivity contribution in [2.45, 2.75) is 39.7 Å². The third kappa shape index (κ3) is 2.66. The van der Waals surface area contributed by atoms with Crippen molar-refractivity contribution in [2.75, 3.05) is 5.73 Å². The lowest BCUT2D eigenvalue weighted by Crippen LogP contribution is -2.06. The highest BCUT2D eigenvalue weighted by atomic mass is 19.1. The predicted molar refractivity (Wildman–Crippen MR) is 76.3 cm³/mol. The molecule has 1 aromatic carbocycles. The summed E-state index contributed by atoms with van der Waals surface area (Å²) in [5, 5.41) is 0. The van der Waals surface area contributed by atoms with Crippen molar-refractivity contribution in [1.29, 1.82) is 0 Å². The molecule has 5 heteroatoms. The number of imidazole rings is 1. The van der Waals surface area contributed by atoms with Gasteiger partial charge in [-0.15, -0.1) is 0 Å². The Morgan fingerprint density at radius 3 is 2.55 bits per heavy atom. The summed E-state index contributed by atoms with van der Waals surface area (Å²) in [5.41, 5.74) is 6.75. The summed E-state index contributed by atoms with van der Waals surface area (Å²) in [5.74, 6) is 0.0545. The van der Waals surface area contributed by atoms with E-state index in [1.807, 2.05) is 11.5 Å². The van der Waals surface area contributed by atoms with Gasteiger partial charge in [0.05, 0.1) is 0 Å². The minimum atomic E-state index is -0.638. The number of rotatable bonds is 5. The van der Waals surface area contributed by atoms with Crippen LogP contribution in [-0.2, 0) is 13.0 Å². The summed E-state index contributed by atoms with van der Waals surface area (Å²) in [6.45, 7) is 4.85. The smallest absolute Gasteiger partial charge is 0.135 e. The molecule has 0 fully saturated rings. The molecule has 20 heavy (non-hydrogen) atoms. The van der Waals surface area contributed by atoms with Crippen LogP contribution >= 0.6 is 0 Å². The minimum Gasteiger partial charge on any atom is -0.383 e. The molecule has 1 heterocycles. The Kier molecular flexibility index (Phi) is 4.37. The van der Waals surface area contributed by atoms with Gasteiger partial charge in [0.1, 0.15) is 29.0 Å². The van der Waals surface area contributed by atoms with Crippen molar-refractivity contribution in [3.63, 3.8) is 0 Å². The van der Waals surface area contributed by atoms with Crippen molar-refractivity contribution < 1.29 is 8.78 Å². The van der Waals surface area contributed by atoms with Crippen LogP contribution in [0.2, 0.25) is 0 Å². The van der Waals surface area contributed by atoms with Crippen LogP contribution in [-0.4, -0.2) is 9.55 Å². The Balaban J connectivity index is 2.53. The second-order valence-corrected chi connectivity index (χ2v) is 4.79. The van der Waals surface area contributed by atoms with E-state index in [4.69, 9.17) is 5.73 Å². The summed E-state index contributed by atoms with van der Waals surface area (Å²) in [6.07, 6.45) is 2.64. The second-order valence-electron chi connectivity index (χ2n) is 4.79. The number of nitrogens with two attached hydrogens (primary N) is 1. The van der Waals surface area contributed by atoms with Crippen molar-refractivity contribution in [2.24, 2.45) is 0 Å². The van der Waals surface area contributed by atoms with Gasteiger partial charge in [0.25, 0.3) is 0 Å². The van der Waals surface area contributed by atoms with E-state index >= 15 is 0 Å². The molecule has 0 saturated carbocycles. The zero-order chi connectivity index (χ0) is 14.7. The number of halogens is 2. The fourth-order valence-corrected chi connectivity index (χ4v) is 2.28. The largest absolute Gasteiger partial charge is 0.383 e. The second kappa shape index (κ2) is 6.03. The van der Waals surface area contributed by atoms with E-state index in [2.05, 4.69) is 11.9 Å². The lowest BCUT2D eigenvalue weighted by atomic mass is 10.1. The lowest BCUT2D eigenvalue weighted by Gasteiger charge is -2.07. The van der Waals surface area contributed by atoms with Gasteiger partial charge in [-0.2, -0.15) is 0 Å². The van der Waals surface area contributed by atoms with E-state index in [-0.39, 0.29) is 5.56 Å². The van der Waals surface area contributed by atoms with Crippen molar-refractivity contribution in [3.8, 4) is 11.3 Å². The lowest BCUT2D eigenvalue weighted by molar-refractivity contribution is 0.585. The van der Waals surface area contributed by atoms with Gasteiger partial charge in [-0.3, -0.25) is 0 Å². The predicted octanol–water partition coefficient (Wildman–Crippen LogP) is 3.77. The number of hydrogen-bond donors (Lipinski definition) is 1. The number of anilines is 1. The van der Waals surface area contributed by atoms with Crippen LogP contribution in [0.4, 0.5) is 14.6 Å². The van der Waals surface area contributed by atoms with Crippen LogP contribution in [0.15, 0.2) is 18.2 Å². The van der Waals surface area contributed by atoms with Gasteiger partial charge >= 0.3 is 0 Å². The molecule has 0 unspecified atom stereocenters. The first-order valence-corrected chi connectivity index (χ1v) is 6.88. The number of nitrogen functional groups attached to an aromatic ring is 1. The van der Waals surface area contributed by atoms with Crippen LogP contribution in [0.5, 0.6) is 0 Å². The van der Waals surface area contributed by atoms with Crippen molar-refractivity contribution >= 4 is 5.82 Å². The van der Waals surface area contributed by atoms with E-state index in [1.165, 1.54) is 12.1 Å². The molecule has 0 amide bonds. The maximum atomic E-state index is 13.9. The number of aryl methyl sites for hydroxylation is 1. The highest BCUT2D eigenvalue weighted by molar-refractivity contribution is 5.71. The maximum Gasteiger partial charge on any atom is 0.135 e. The summed E-state index contributed by atoms with van der Waals surface area (Å²) >= 11 is 0. The number of aromatic nitrogens is 2. The first-order valence-electron chi connectivity index (χ1n) is 6.88. The standard InChI is InChI=1S/C15H19F2N3/c1-3-5-13-19-14(15(18)20(13)8-4-2)11-7-6-10(16)9-12(11)17/h6-7,9H,3-5,8,18H2,1-2H3. The normalized spacial score (nSPS) is 11.0. The van der Waals surface area contributed by atoms with Gasteiger partial charge in [-0.05, 0) is 25.0 Å². The Morgan fingerprint density at radius 2 is 1.95 bits per heavy atom. The first-order chi connectivity index (χ1) is 9.58. The fraction of sp³-hybridized carbons (Fsp3) is 0.400. The summed E-state index contributed by atoms with van der Waals surface area (Å²) in [7, 11) is 0. The van der Waals surface area contributed by atoms with E-state index in [9.17, 15) is 8.78 Å². The summed E-state index contributed by atoms with van der Waals surface area (Å²) < 4.78 is 28.8. The van der Waals surface area contributed by atoms with Gasteiger partial charge in [0, 0.05) is 24.6 Å². The van der Waals surface area contributed by atoms with E-state index in [0.29, 0.717) is 11.5 Å². The Hall–Kier alpha value is -1.91. The molecule has 2 rings (SSSR count). The topological polar surface area (TPSA) is 43.8 Å². The zero-order valence-corrected chi connectivity index (χ0v) is 11.8. The SMILES string of the molecule is CCCc1nc(-c2ccc(F)cc2F)c(N)n1CCC. The molecule has 2 aromatic rings. The third-order valence-corrected chi connectivity index (χ3v) is 3.19. The molecule has 0 saturated heterocycles. The summed E-state index contributed by atoms with van der Waals surface area (Å²) in [6, 6.07) is 3.46. The van der Waals surface area contributed by atoms with E-state index in [0.717, 1.165) is 37.7 Å². The van der Waals surface area contributed by atoms with E-state index < -0.39 is 11.6 Å². The van der Waals surface area contributed by atoms with Gasteiger partial charge in [0.15, 0.2) is 0 Å². The van der Waals surface area contributed by atoms with Crippen LogP contribution < -0.4 is 5.73 Å². The molecule has 0 aliphatic carbocycles. The fourth-order valence-electron chi connectivity index (χ4n) is 2.28. The van der Waals surface area contributed by atoms with E-state index in [1.54, 1.807) is 0 Å². The van der Waals surface area contributed by atoms with Crippen LogP contribution in [0.3, 0.4) is 0 Å². The molecule has 0 aliphatic heterocycles. The molecule has 0 radical (unpaired) electrons. The molecule has 1 aromatic heterocycles. The average Bonchev–Trinajstić information content (AvgIpc) is 2.69. The highest BCUT2D eigenvalue weighted by Crippen LogP contribution is 2.29. The molecule has 2 N–H and O–H groups in total. The number of nitrogens with zero attached hydrogens (tertiary/aromatic N) is 2. The Morgan fingerprint density at radius 1 is 1.20 bits per heavy atom. The molecular formula is C15H19F2N3. The molecule has 0 spiro atoms. The van der Waals surface area contributed by atoms with Gasteiger partial charge < -0.3 is 10.3 Å². The quantitative estimate of drug-likeness (QED) is 0.905. The third-order valence-electron chi connectivity index (χ3n) is 3.19.